The van der Waals surface area contributed by atoms with Gasteiger partial charge in [-0.1, -0.05) is 0 Å². The maximum absolute atomic E-state index is 9.67. The molecule has 0 spiro atoms. The van der Waals surface area contributed by atoms with Gasteiger partial charge in [0.1, 0.15) is 6.10 Å². The van der Waals surface area contributed by atoms with Gasteiger partial charge in [0.25, 0.3) is 0 Å². The smallest absolute Gasteiger partial charge is 0.174 e. The van der Waals surface area contributed by atoms with Crippen LogP contribution in [0.5, 0.6) is 5.75 Å². The summed E-state index contributed by atoms with van der Waals surface area (Å²) in [6, 6.07) is 1.66. The van der Waals surface area contributed by atoms with E-state index in [9.17, 15) is 5.11 Å². The van der Waals surface area contributed by atoms with E-state index in [1.807, 2.05) is 0 Å². The molecule has 1 aromatic rings. The number of ether oxygens (including phenoxy) is 1. The first kappa shape index (κ1) is 11.0. The van der Waals surface area contributed by atoms with Gasteiger partial charge in [-0.3, -0.25) is 0 Å². The molecule has 0 fully saturated rings. The Morgan fingerprint density at radius 2 is 2.43 bits per heavy atom. The number of aliphatic hydroxyl groups excluding tert-OH is 1. The van der Waals surface area contributed by atoms with Crippen LogP contribution in [-0.2, 0) is 4.84 Å². The third kappa shape index (κ3) is 2.73. The van der Waals surface area contributed by atoms with Crippen LogP contribution in [-0.4, -0.2) is 25.9 Å². The summed E-state index contributed by atoms with van der Waals surface area (Å²) in [6.07, 6.45) is 1.23. The standard InChI is InChI=1S/C9H15NO4/c1-10-14-6-3-7(11)9-8(12-2)4-5-13-9/h4-5,7,10-11H,3,6H2,1-2H3/t7-/m0/s1. The molecule has 2 N–H and O–H groups in total. The molecule has 0 aliphatic heterocycles. The summed E-state index contributed by atoms with van der Waals surface area (Å²) < 4.78 is 10.1. The van der Waals surface area contributed by atoms with Crippen molar-refractivity contribution in [1.29, 1.82) is 0 Å². The van der Waals surface area contributed by atoms with Gasteiger partial charge < -0.3 is 19.1 Å². The fourth-order valence-electron chi connectivity index (χ4n) is 1.12. The Kier molecular flexibility index (Phi) is 4.45. The van der Waals surface area contributed by atoms with Gasteiger partial charge in [0.2, 0.25) is 0 Å². The molecule has 1 aromatic heterocycles. The minimum atomic E-state index is -0.701. The summed E-state index contributed by atoms with van der Waals surface area (Å²) in [5, 5.41) is 9.67. The predicted octanol–water partition coefficient (Wildman–Crippen LogP) is 0.863. The van der Waals surface area contributed by atoms with Crippen molar-refractivity contribution in [2.24, 2.45) is 0 Å². The summed E-state index contributed by atoms with van der Waals surface area (Å²) in [5.41, 5.74) is 2.52. The summed E-state index contributed by atoms with van der Waals surface area (Å²) >= 11 is 0. The largest absolute Gasteiger partial charge is 0.493 e. The van der Waals surface area contributed by atoms with E-state index in [2.05, 4.69) is 5.48 Å². The fraction of sp³-hybridized carbons (Fsp3) is 0.556. The quantitative estimate of drug-likeness (QED) is 0.528. The maximum atomic E-state index is 9.67. The van der Waals surface area contributed by atoms with Crippen molar-refractivity contribution in [2.45, 2.75) is 12.5 Å². The number of rotatable bonds is 6. The molecule has 0 aliphatic carbocycles. The van der Waals surface area contributed by atoms with E-state index >= 15 is 0 Å². The first-order valence-electron chi connectivity index (χ1n) is 4.37. The molecule has 1 heterocycles. The summed E-state index contributed by atoms with van der Waals surface area (Å²) in [5.74, 6) is 0.995. The van der Waals surface area contributed by atoms with Gasteiger partial charge in [-0.2, -0.15) is 0 Å². The van der Waals surface area contributed by atoms with E-state index in [0.717, 1.165) is 0 Å². The third-order valence-electron chi connectivity index (χ3n) is 1.82. The second kappa shape index (κ2) is 5.64. The van der Waals surface area contributed by atoms with Gasteiger partial charge in [0.15, 0.2) is 11.5 Å². The molecule has 0 aromatic carbocycles. The van der Waals surface area contributed by atoms with Crippen LogP contribution in [0.25, 0.3) is 0 Å². The third-order valence-corrected chi connectivity index (χ3v) is 1.82. The van der Waals surface area contributed by atoms with Crippen LogP contribution in [0.4, 0.5) is 0 Å². The van der Waals surface area contributed by atoms with Crippen LogP contribution >= 0.6 is 0 Å². The zero-order valence-electron chi connectivity index (χ0n) is 8.32. The van der Waals surface area contributed by atoms with Crippen LogP contribution in [0.3, 0.4) is 0 Å². The molecule has 0 bridgehead atoms. The Morgan fingerprint density at radius 3 is 3.07 bits per heavy atom. The molecule has 14 heavy (non-hydrogen) atoms. The molecular formula is C9H15NO4. The first-order chi connectivity index (χ1) is 6.79. The average molecular weight is 201 g/mol. The van der Waals surface area contributed by atoms with E-state index in [4.69, 9.17) is 14.0 Å². The molecule has 1 atom stereocenters. The van der Waals surface area contributed by atoms with Crippen molar-refractivity contribution >= 4 is 0 Å². The van der Waals surface area contributed by atoms with Gasteiger partial charge in [-0.15, -0.1) is 0 Å². The topological polar surface area (TPSA) is 63.9 Å². The minimum Gasteiger partial charge on any atom is -0.493 e. The van der Waals surface area contributed by atoms with Gasteiger partial charge in [0.05, 0.1) is 20.0 Å². The maximum Gasteiger partial charge on any atom is 0.174 e. The highest BCUT2D eigenvalue weighted by molar-refractivity contribution is 5.26. The van der Waals surface area contributed by atoms with Crippen molar-refractivity contribution in [3.05, 3.63) is 18.1 Å². The molecule has 80 valence electrons. The normalized spacial score (nSPS) is 12.8. The number of nitrogens with one attached hydrogen (secondary N) is 1. The molecule has 0 unspecified atom stereocenters. The van der Waals surface area contributed by atoms with Crippen molar-refractivity contribution in [3.8, 4) is 5.75 Å². The molecule has 0 radical (unpaired) electrons. The molecule has 0 aliphatic rings. The van der Waals surface area contributed by atoms with Crippen LogP contribution < -0.4 is 10.2 Å². The Hall–Kier alpha value is -1.04. The Balaban J connectivity index is 2.47. The number of furan rings is 1. The van der Waals surface area contributed by atoms with Gasteiger partial charge in [-0.05, 0) is 0 Å². The van der Waals surface area contributed by atoms with Crippen LogP contribution in [0.15, 0.2) is 16.7 Å². The lowest BCUT2D eigenvalue weighted by atomic mass is 10.2. The van der Waals surface area contributed by atoms with E-state index < -0.39 is 6.10 Å². The highest BCUT2D eigenvalue weighted by Gasteiger charge is 2.16. The van der Waals surface area contributed by atoms with E-state index in [-0.39, 0.29) is 0 Å². The van der Waals surface area contributed by atoms with Gasteiger partial charge >= 0.3 is 0 Å². The van der Waals surface area contributed by atoms with Crippen LogP contribution in [0.2, 0.25) is 0 Å². The van der Waals surface area contributed by atoms with Crippen LogP contribution in [0.1, 0.15) is 18.3 Å². The number of hydrogen-bond donors (Lipinski definition) is 2. The molecule has 5 nitrogen and oxygen atoms in total. The summed E-state index contributed by atoms with van der Waals surface area (Å²) in [6.45, 7) is 0.404. The summed E-state index contributed by atoms with van der Waals surface area (Å²) in [7, 11) is 3.20. The number of methoxy groups -OCH3 is 1. The lowest BCUT2D eigenvalue weighted by Gasteiger charge is -2.09. The Morgan fingerprint density at radius 1 is 1.64 bits per heavy atom. The van der Waals surface area contributed by atoms with Gasteiger partial charge in [0, 0.05) is 19.5 Å². The number of hydrogen-bond acceptors (Lipinski definition) is 5. The molecule has 0 saturated carbocycles. The van der Waals surface area contributed by atoms with Crippen molar-refractivity contribution in [3.63, 3.8) is 0 Å². The van der Waals surface area contributed by atoms with Crippen molar-refractivity contribution in [1.82, 2.24) is 5.48 Å². The van der Waals surface area contributed by atoms with E-state index in [1.165, 1.54) is 13.4 Å². The zero-order valence-corrected chi connectivity index (χ0v) is 8.32. The van der Waals surface area contributed by atoms with E-state index in [0.29, 0.717) is 24.5 Å². The molecule has 0 amide bonds. The first-order valence-corrected chi connectivity index (χ1v) is 4.37. The molecule has 0 saturated heterocycles. The molecule has 1 rings (SSSR count). The lowest BCUT2D eigenvalue weighted by molar-refractivity contribution is 0.0245. The fourth-order valence-corrected chi connectivity index (χ4v) is 1.12. The number of aliphatic hydroxyl groups is 1. The van der Waals surface area contributed by atoms with Crippen molar-refractivity contribution < 1.29 is 19.1 Å². The number of hydroxylamine groups is 1. The van der Waals surface area contributed by atoms with Crippen LogP contribution in [0, 0.1) is 0 Å². The Bertz CT molecular complexity index is 261. The lowest BCUT2D eigenvalue weighted by Crippen LogP contribution is -2.11. The summed E-state index contributed by atoms with van der Waals surface area (Å²) in [4.78, 5) is 4.88. The van der Waals surface area contributed by atoms with Crippen molar-refractivity contribution in [2.75, 3.05) is 20.8 Å². The highest BCUT2D eigenvalue weighted by Crippen LogP contribution is 2.27. The second-order valence-electron chi connectivity index (χ2n) is 2.71. The minimum absolute atomic E-state index is 0.404. The molecular weight excluding hydrogens is 186 g/mol. The average Bonchev–Trinajstić information content (AvgIpc) is 2.65. The van der Waals surface area contributed by atoms with Gasteiger partial charge in [-0.25, -0.2) is 5.48 Å². The second-order valence-corrected chi connectivity index (χ2v) is 2.71. The SMILES string of the molecule is CNOCC[C@H](O)c1occc1OC. The highest BCUT2D eigenvalue weighted by atomic mass is 16.6. The zero-order chi connectivity index (χ0) is 10.4. The monoisotopic (exact) mass is 201 g/mol. The van der Waals surface area contributed by atoms with E-state index in [1.54, 1.807) is 13.1 Å². The predicted molar refractivity (Wildman–Crippen MR) is 49.8 cm³/mol. The molecule has 5 heteroatoms. The Labute approximate surface area is 82.6 Å².